The van der Waals surface area contributed by atoms with Crippen LogP contribution in [0.15, 0.2) is 65.3 Å². The summed E-state index contributed by atoms with van der Waals surface area (Å²) in [5, 5.41) is 9.53. The number of carbonyl (C=O) groups excluding carboxylic acids is 2. The second kappa shape index (κ2) is 9.10. The lowest BCUT2D eigenvalue weighted by Crippen LogP contribution is -2.42. The van der Waals surface area contributed by atoms with E-state index in [0.717, 1.165) is 10.5 Å². The van der Waals surface area contributed by atoms with Gasteiger partial charge in [-0.1, -0.05) is 36.4 Å². The van der Waals surface area contributed by atoms with E-state index in [-0.39, 0.29) is 12.1 Å². The van der Waals surface area contributed by atoms with Crippen molar-refractivity contribution in [2.24, 2.45) is 0 Å². The molecule has 2 aromatic carbocycles. The van der Waals surface area contributed by atoms with Gasteiger partial charge >= 0.3 is 0 Å². The van der Waals surface area contributed by atoms with E-state index in [1.165, 1.54) is 0 Å². The molecule has 0 atom stereocenters. The van der Waals surface area contributed by atoms with Gasteiger partial charge in [0.1, 0.15) is 11.6 Å². The summed E-state index contributed by atoms with van der Waals surface area (Å²) >= 11 is 0. The van der Waals surface area contributed by atoms with E-state index >= 15 is 0 Å². The molecule has 3 rings (SSSR count). The van der Waals surface area contributed by atoms with E-state index in [4.69, 9.17) is 9.47 Å². The molecule has 1 aliphatic rings. The second-order valence-electron chi connectivity index (χ2n) is 6.70. The number of benzene rings is 2. The summed E-state index contributed by atoms with van der Waals surface area (Å²) in [4.78, 5) is 27.0. The average Bonchev–Trinajstić information content (AvgIpc) is 2.76. The highest BCUT2D eigenvalue weighted by molar-refractivity contribution is 6.19. The molecule has 0 fully saturated rings. The predicted molar refractivity (Wildman–Crippen MR) is 112 cm³/mol. The van der Waals surface area contributed by atoms with Crippen molar-refractivity contribution in [2.75, 3.05) is 13.7 Å². The van der Waals surface area contributed by atoms with Gasteiger partial charge in [-0.25, -0.2) is 0 Å². The minimum absolute atomic E-state index is 0.0327. The van der Waals surface area contributed by atoms with E-state index in [1.54, 1.807) is 38.3 Å². The van der Waals surface area contributed by atoms with Gasteiger partial charge in [0, 0.05) is 5.57 Å². The molecule has 0 bridgehead atoms. The molecule has 6 heteroatoms. The maximum Gasteiger partial charge on any atom is 0.271 e. The first-order valence-electron chi connectivity index (χ1n) is 9.54. The van der Waals surface area contributed by atoms with Gasteiger partial charge in [-0.05, 0) is 48.8 Å². The number of imide groups is 1. The van der Waals surface area contributed by atoms with Crippen molar-refractivity contribution in [1.29, 1.82) is 5.26 Å². The first kappa shape index (κ1) is 20.9. The Bertz CT molecular complexity index is 1080. The van der Waals surface area contributed by atoms with E-state index in [1.807, 2.05) is 43.3 Å². The number of nitriles is 1. The van der Waals surface area contributed by atoms with E-state index in [0.29, 0.717) is 34.8 Å². The number of ether oxygens (including phenoxy) is 2. The summed E-state index contributed by atoms with van der Waals surface area (Å²) < 4.78 is 10.9. The van der Waals surface area contributed by atoms with Crippen LogP contribution < -0.4 is 9.47 Å². The molecular weight excluding hydrogens is 380 g/mol. The minimum atomic E-state index is -0.578. The summed E-state index contributed by atoms with van der Waals surface area (Å²) in [6.07, 6.45) is 1.66. The van der Waals surface area contributed by atoms with Crippen LogP contribution in [0.25, 0.3) is 6.08 Å². The van der Waals surface area contributed by atoms with Gasteiger partial charge in [-0.15, -0.1) is 0 Å². The van der Waals surface area contributed by atoms with Crippen LogP contribution in [0.3, 0.4) is 0 Å². The van der Waals surface area contributed by atoms with E-state index in [9.17, 15) is 14.9 Å². The molecule has 0 radical (unpaired) electrons. The lowest BCUT2D eigenvalue weighted by molar-refractivity contribution is -0.141. The summed E-state index contributed by atoms with van der Waals surface area (Å²) in [7, 11) is 1.54. The molecule has 0 saturated carbocycles. The fraction of sp³-hybridized carbons (Fsp3) is 0.208. The Morgan fingerprint density at radius 1 is 1.07 bits per heavy atom. The van der Waals surface area contributed by atoms with Gasteiger partial charge in [-0.2, -0.15) is 5.26 Å². The molecule has 1 aliphatic heterocycles. The Morgan fingerprint density at radius 3 is 2.43 bits per heavy atom. The fourth-order valence-corrected chi connectivity index (χ4v) is 3.25. The molecule has 2 amide bonds. The Balaban J connectivity index is 2.04. The Kier molecular flexibility index (Phi) is 6.33. The zero-order chi connectivity index (χ0) is 21.7. The van der Waals surface area contributed by atoms with Crippen molar-refractivity contribution in [3.63, 3.8) is 0 Å². The van der Waals surface area contributed by atoms with Gasteiger partial charge in [0.2, 0.25) is 0 Å². The van der Waals surface area contributed by atoms with Crippen LogP contribution in [-0.2, 0) is 16.1 Å². The van der Waals surface area contributed by atoms with Crippen LogP contribution in [0.1, 0.15) is 25.0 Å². The van der Waals surface area contributed by atoms with Crippen LogP contribution in [0.4, 0.5) is 0 Å². The van der Waals surface area contributed by atoms with Gasteiger partial charge in [-0.3, -0.25) is 14.5 Å². The maximum atomic E-state index is 13.2. The van der Waals surface area contributed by atoms with Crippen LogP contribution in [0.2, 0.25) is 0 Å². The predicted octanol–water partition coefficient (Wildman–Crippen LogP) is 3.89. The summed E-state index contributed by atoms with van der Waals surface area (Å²) in [6, 6.07) is 16.5. The molecule has 0 saturated heterocycles. The van der Waals surface area contributed by atoms with Crippen molar-refractivity contribution < 1.29 is 19.1 Å². The third-order valence-electron chi connectivity index (χ3n) is 4.81. The lowest BCUT2D eigenvalue weighted by Gasteiger charge is -2.27. The third kappa shape index (κ3) is 4.11. The molecular formula is C24H22N2O4. The van der Waals surface area contributed by atoms with Crippen LogP contribution in [0, 0.1) is 11.3 Å². The summed E-state index contributed by atoms with van der Waals surface area (Å²) in [5.74, 6) is 0.121. The maximum absolute atomic E-state index is 13.2. The largest absolute Gasteiger partial charge is 0.493 e. The van der Waals surface area contributed by atoms with Gasteiger partial charge in [0.05, 0.1) is 20.3 Å². The van der Waals surface area contributed by atoms with Crippen LogP contribution in [0.5, 0.6) is 11.5 Å². The van der Waals surface area contributed by atoms with Crippen LogP contribution >= 0.6 is 0 Å². The summed E-state index contributed by atoms with van der Waals surface area (Å²) in [6.45, 7) is 4.10. The summed E-state index contributed by atoms with van der Waals surface area (Å²) in [5.41, 5.74) is 2.13. The highest BCUT2D eigenvalue weighted by atomic mass is 16.5. The topological polar surface area (TPSA) is 79.6 Å². The first-order valence-corrected chi connectivity index (χ1v) is 9.54. The molecule has 0 unspecified atom stereocenters. The lowest BCUT2D eigenvalue weighted by atomic mass is 9.93. The van der Waals surface area contributed by atoms with Crippen molar-refractivity contribution in [2.45, 2.75) is 20.4 Å². The van der Waals surface area contributed by atoms with E-state index in [2.05, 4.69) is 0 Å². The molecule has 30 heavy (non-hydrogen) atoms. The monoisotopic (exact) mass is 402 g/mol. The zero-order valence-electron chi connectivity index (χ0n) is 17.1. The standard InChI is InChI=1S/C24H22N2O4/c1-4-30-21-11-10-18(13-22(21)29-3)12-19-16(2)20(14-25)24(28)26(23(19)27)15-17-8-6-5-7-9-17/h5-13H,4,15H2,1-3H3/b19-12+. The number of hydrogen-bond donors (Lipinski definition) is 0. The normalized spacial score (nSPS) is 15.4. The molecule has 1 heterocycles. The van der Waals surface area contributed by atoms with E-state index < -0.39 is 11.8 Å². The zero-order valence-corrected chi connectivity index (χ0v) is 17.1. The highest BCUT2D eigenvalue weighted by Gasteiger charge is 2.35. The molecule has 6 nitrogen and oxygen atoms in total. The quantitative estimate of drug-likeness (QED) is 0.541. The number of amides is 2. The van der Waals surface area contributed by atoms with Gasteiger partial charge in [0.25, 0.3) is 11.8 Å². The van der Waals surface area contributed by atoms with Crippen molar-refractivity contribution in [1.82, 2.24) is 4.90 Å². The van der Waals surface area contributed by atoms with Crippen molar-refractivity contribution in [3.8, 4) is 17.6 Å². The van der Waals surface area contributed by atoms with Crippen molar-refractivity contribution >= 4 is 17.9 Å². The number of carbonyl (C=O) groups is 2. The first-order chi connectivity index (χ1) is 14.5. The molecule has 0 aromatic heterocycles. The number of rotatable bonds is 6. The number of hydrogen-bond acceptors (Lipinski definition) is 5. The van der Waals surface area contributed by atoms with Crippen LogP contribution in [-0.4, -0.2) is 30.4 Å². The third-order valence-corrected chi connectivity index (χ3v) is 4.81. The average molecular weight is 402 g/mol. The van der Waals surface area contributed by atoms with Crippen molar-refractivity contribution in [3.05, 3.63) is 76.4 Å². The second-order valence-corrected chi connectivity index (χ2v) is 6.70. The molecule has 152 valence electrons. The fourth-order valence-electron chi connectivity index (χ4n) is 3.25. The Morgan fingerprint density at radius 2 is 1.80 bits per heavy atom. The molecule has 0 spiro atoms. The SMILES string of the molecule is CCOc1ccc(/C=C2/C(=O)N(Cc3ccccc3)C(=O)C(C#N)=C2C)cc1OC. The smallest absolute Gasteiger partial charge is 0.271 e. The molecule has 2 aromatic rings. The Hall–Kier alpha value is -3.85. The molecule has 0 aliphatic carbocycles. The Labute approximate surface area is 175 Å². The van der Waals surface area contributed by atoms with Gasteiger partial charge in [0.15, 0.2) is 11.5 Å². The molecule has 0 N–H and O–H groups in total. The number of methoxy groups -OCH3 is 1. The number of nitrogens with zero attached hydrogens (tertiary/aromatic N) is 2. The minimum Gasteiger partial charge on any atom is -0.493 e. The highest BCUT2D eigenvalue weighted by Crippen LogP contribution is 2.32. The van der Waals surface area contributed by atoms with Gasteiger partial charge < -0.3 is 9.47 Å².